The minimum Gasteiger partial charge on any atom is -0.370 e. The molecule has 2 aliphatic heterocycles. The first-order chi connectivity index (χ1) is 7.43. The van der Waals surface area contributed by atoms with Gasteiger partial charge in [0.25, 0.3) is 0 Å². The molecule has 3 heterocycles. The van der Waals surface area contributed by atoms with Crippen molar-refractivity contribution in [3.05, 3.63) is 24.5 Å². The summed E-state index contributed by atoms with van der Waals surface area (Å²) in [5.74, 6) is 1.76. The molecule has 3 heteroatoms. The zero-order valence-electron chi connectivity index (χ0n) is 8.89. The van der Waals surface area contributed by atoms with Gasteiger partial charge in [0.15, 0.2) is 0 Å². The van der Waals surface area contributed by atoms with Gasteiger partial charge in [0, 0.05) is 19.3 Å². The molecule has 2 saturated heterocycles. The van der Waals surface area contributed by atoms with E-state index in [1.807, 2.05) is 18.5 Å². The van der Waals surface area contributed by atoms with Gasteiger partial charge in [0.2, 0.25) is 0 Å². The van der Waals surface area contributed by atoms with Crippen LogP contribution in [0.2, 0.25) is 0 Å². The van der Waals surface area contributed by atoms with E-state index in [4.69, 9.17) is 0 Å². The van der Waals surface area contributed by atoms with Gasteiger partial charge in [-0.3, -0.25) is 4.98 Å². The average Bonchev–Trinajstić information content (AvgIpc) is 2.77. The number of rotatable bonds is 1. The Morgan fingerprint density at radius 2 is 2.27 bits per heavy atom. The van der Waals surface area contributed by atoms with Crippen LogP contribution in [0.3, 0.4) is 0 Å². The number of nitrogens with zero attached hydrogens (tertiary/aromatic N) is 2. The van der Waals surface area contributed by atoms with E-state index in [0.29, 0.717) is 0 Å². The molecule has 0 aromatic carbocycles. The molecule has 0 amide bonds. The molecule has 15 heavy (non-hydrogen) atoms. The van der Waals surface area contributed by atoms with Crippen molar-refractivity contribution in [3.8, 4) is 0 Å². The SMILES string of the molecule is c1cncc(N2CCC3CNCC3C2)c1. The summed E-state index contributed by atoms with van der Waals surface area (Å²) in [6, 6.07) is 4.18. The van der Waals surface area contributed by atoms with Crippen molar-refractivity contribution in [2.75, 3.05) is 31.1 Å². The Kier molecular flexibility index (Phi) is 2.33. The van der Waals surface area contributed by atoms with Gasteiger partial charge in [0.05, 0.1) is 11.9 Å². The molecule has 2 fully saturated rings. The quantitative estimate of drug-likeness (QED) is 0.741. The summed E-state index contributed by atoms with van der Waals surface area (Å²) in [5, 5.41) is 3.49. The highest BCUT2D eigenvalue weighted by Crippen LogP contribution is 2.29. The van der Waals surface area contributed by atoms with Crippen molar-refractivity contribution in [3.63, 3.8) is 0 Å². The Morgan fingerprint density at radius 1 is 1.33 bits per heavy atom. The smallest absolute Gasteiger partial charge is 0.0552 e. The molecule has 1 aromatic rings. The second kappa shape index (κ2) is 3.81. The van der Waals surface area contributed by atoms with Crippen molar-refractivity contribution in [2.45, 2.75) is 6.42 Å². The highest BCUT2D eigenvalue weighted by molar-refractivity contribution is 5.44. The lowest BCUT2D eigenvalue weighted by atomic mass is 9.88. The minimum absolute atomic E-state index is 0.846. The van der Waals surface area contributed by atoms with Crippen LogP contribution in [0.5, 0.6) is 0 Å². The fourth-order valence-electron chi connectivity index (χ4n) is 2.81. The Labute approximate surface area is 90.5 Å². The molecular formula is C12H17N3. The number of pyridine rings is 1. The average molecular weight is 203 g/mol. The molecule has 0 aliphatic carbocycles. The second-order valence-corrected chi connectivity index (χ2v) is 4.62. The third-order valence-electron chi connectivity index (χ3n) is 3.72. The Morgan fingerprint density at radius 3 is 3.13 bits per heavy atom. The number of piperidine rings is 1. The standard InChI is InChI=1S/C12H17N3/c1-2-12(8-13-4-1)15-5-3-10-6-14-7-11(10)9-15/h1-2,4,8,10-11,14H,3,5-7,9H2. The molecular weight excluding hydrogens is 186 g/mol. The molecule has 0 spiro atoms. The molecule has 0 bridgehead atoms. The summed E-state index contributed by atoms with van der Waals surface area (Å²) in [6.07, 6.45) is 5.14. The summed E-state index contributed by atoms with van der Waals surface area (Å²) >= 11 is 0. The largest absolute Gasteiger partial charge is 0.370 e. The van der Waals surface area contributed by atoms with Crippen LogP contribution in [0.1, 0.15) is 6.42 Å². The topological polar surface area (TPSA) is 28.2 Å². The first kappa shape index (κ1) is 9.16. The lowest BCUT2D eigenvalue weighted by Gasteiger charge is -2.35. The second-order valence-electron chi connectivity index (χ2n) is 4.62. The minimum atomic E-state index is 0.846. The summed E-state index contributed by atoms with van der Waals surface area (Å²) in [5.41, 5.74) is 1.28. The van der Waals surface area contributed by atoms with Crippen LogP contribution in [0.4, 0.5) is 5.69 Å². The monoisotopic (exact) mass is 203 g/mol. The molecule has 1 aromatic heterocycles. The summed E-state index contributed by atoms with van der Waals surface area (Å²) in [4.78, 5) is 6.66. The number of anilines is 1. The van der Waals surface area contributed by atoms with Gasteiger partial charge < -0.3 is 10.2 Å². The molecule has 3 nitrogen and oxygen atoms in total. The number of hydrogen-bond acceptors (Lipinski definition) is 3. The third-order valence-corrected chi connectivity index (χ3v) is 3.72. The maximum absolute atomic E-state index is 4.19. The zero-order chi connectivity index (χ0) is 10.1. The molecule has 0 radical (unpaired) electrons. The van der Waals surface area contributed by atoms with Crippen LogP contribution in [0.25, 0.3) is 0 Å². The van der Waals surface area contributed by atoms with Crippen molar-refractivity contribution in [1.29, 1.82) is 0 Å². The number of hydrogen-bond donors (Lipinski definition) is 1. The number of fused-ring (bicyclic) bond motifs is 1. The van der Waals surface area contributed by atoms with Crippen molar-refractivity contribution in [2.24, 2.45) is 11.8 Å². The van der Waals surface area contributed by atoms with E-state index >= 15 is 0 Å². The molecule has 1 N–H and O–H groups in total. The van der Waals surface area contributed by atoms with Gasteiger partial charge in [-0.15, -0.1) is 0 Å². The number of aromatic nitrogens is 1. The number of nitrogens with one attached hydrogen (secondary N) is 1. The van der Waals surface area contributed by atoms with Gasteiger partial charge >= 0.3 is 0 Å². The Bertz CT molecular complexity index is 325. The van der Waals surface area contributed by atoms with Gasteiger partial charge in [-0.2, -0.15) is 0 Å². The highest BCUT2D eigenvalue weighted by atomic mass is 15.2. The van der Waals surface area contributed by atoms with E-state index in [0.717, 1.165) is 11.8 Å². The lowest BCUT2D eigenvalue weighted by Crippen LogP contribution is -2.40. The Balaban J connectivity index is 1.74. The lowest BCUT2D eigenvalue weighted by molar-refractivity contribution is 0.349. The molecule has 2 aliphatic rings. The zero-order valence-corrected chi connectivity index (χ0v) is 8.89. The summed E-state index contributed by atoms with van der Waals surface area (Å²) < 4.78 is 0. The summed E-state index contributed by atoms with van der Waals surface area (Å²) in [7, 11) is 0. The van der Waals surface area contributed by atoms with Crippen LogP contribution < -0.4 is 10.2 Å². The van der Waals surface area contributed by atoms with E-state index in [9.17, 15) is 0 Å². The van der Waals surface area contributed by atoms with E-state index in [-0.39, 0.29) is 0 Å². The molecule has 3 rings (SSSR count). The first-order valence-corrected chi connectivity index (χ1v) is 5.79. The molecule has 80 valence electrons. The van der Waals surface area contributed by atoms with Gasteiger partial charge in [-0.25, -0.2) is 0 Å². The van der Waals surface area contributed by atoms with E-state index < -0.39 is 0 Å². The van der Waals surface area contributed by atoms with Crippen LogP contribution in [0, 0.1) is 11.8 Å². The maximum atomic E-state index is 4.19. The predicted molar refractivity (Wildman–Crippen MR) is 60.9 cm³/mol. The third kappa shape index (κ3) is 1.72. The van der Waals surface area contributed by atoms with Crippen LogP contribution in [-0.4, -0.2) is 31.2 Å². The van der Waals surface area contributed by atoms with E-state index in [2.05, 4.69) is 21.3 Å². The molecule has 2 unspecified atom stereocenters. The first-order valence-electron chi connectivity index (χ1n) is 5.79. The van der Waals surface area contributed by atoms with Gasteiger partial charge in [0.1, 0.15) is 0 Å². The fourth-order valence-corrected chi connectivity index (χ4v) is 2.81. The predicted octanol–water partition coefficient (Wildman–Crippen LogP) is 1.13. The van der Waals surface area contributed by atoms with Crippen LogP contribution in [0.15, 0.2) is 24.5 Å². The normalized spacial score (nSPS) is 30.3. The molecule has 2 atom stereocenters. The van der Waals surface area contributed by atoms with Crippen molar-refractivity contribution < 1.29 is 0 Å². The maximum Gasteiger partial charge on any atom is 0.0552 e. The Hall–Kier alpha value is -1.09. The molecule has 0 saturated carbocycles. The van der Waals surface area contributed by atoms with Crippen LogP contribution >= 0.6 is 0 Å². The van der Waals surface area contributed by atoms with E-state index in [1.54, 1.807) is 0 Å². The van der Waals surface area contributed by atoms with E-state index in [1.165, 1.54) is 38.3 Å². The highest BCUT2D eigenvalue weighted by Gasteiger charge is 2.32. The van der Waals surface area contributed by atoms with Crippen LogP contribution in [-0.2, 0) is 0 Å². The fraction of sp³-hybridized carbons (Fsp3) is 0.583. The summed E-state index contributed by atoms with van der Waals surface area (Å²) in [6.45, 7) is 4.81. The van der Waals surface area contributed by atoms with Gasteiger partial charge in [-0.05, 0) is 43.5 Å². The van der Waals surface area contributed by atoms with Gasteiger partial charge in [-0.1, -0.05) is 0 Å². The van der Waals surface area contributed by atoms with Crippen molar-refractivity contribution in [1.82, 2.24) is 10.3 Å². The van der Waals surface area contributed by atoms with Crippen molar-refractivity contribution >= 4 is 5.69 Å².